The van der Waals surface area contributed by atoms with Crippen molar-refractivity contribution < 1.29 is 19.5 Å². The van der Waals surface area contributed by atoms with Crippen LogP contribution in [0.4, 0.5) is 0 Å². The van der Waals surface area contributed by atoms with Gasteiger partial charge in [-0.3, -0.25) is 0 Å². The molecule has 0 atom stereocenters. The van der Waals surface area contributed by atoms with Crippen molar-refractivity contribution in [1.82, 2.24) is 0 Å². The fourth-order valence-corrected chi connectivity index (χ4v) is 5.64. The SMILES string of the molecule is [CH3-].[NH-][Si](c1ccccc1)(c1ccccc1)c1ccccc1.[Zn+2]. The van der Waals surface area contributed by atoms with Crippen LogP contribution < -0.4 is 15.6 Å². The normalized spacial score (nSPS) is 10.2. The van der Waals surface area contributed by atoms with Crippen LogP contribution in [0.1, 0.15) is 0 Å². The van der Waals surface area contributed by atoms with E-state index in [1.54, 1.807) is 0 Å². The summed E-state index contributed by atoms with van der Waals surface area (Å²) in [7, 11) is -2.63. The second-order valence-electron chi connectivity index (χ2n) is 4.85. The molecule has 0 spiro atoms. The van der Waals surface area contributed by atoms with E-state index >= 15 is 0 Å². The molecule has 0 saturated carbocycles. The number of nitrogens with one attached hydrogen (secondary N) is 1. The van der Waals surface area contributed by atoms with Gasteiger partial charge in [-0.15, -0.1) is 0 Å². The molecule has 3 heteroatoms. The van der Waals surface area contributed by atoms with Crippen LogP contribution in [0, 0.1) is 7.43 Å². The maximum atomic E-state index is 9.28. The zero-order valence-electron chi connectivity index (χ0n) is 12.9. The molecule has 0 bridgehead atoms. The number of hydrogen-bond acceptors (Lipinski definition) is 0. The molecule has 106 valence electrons. The van der Waals surface area contributed by atoms with Gasteiger partial charge in [-0.05, 0) is 0 Å². The van der Waals surface area contributed by atoms with E-state index in [0.29, 0.717) is 0 Å². The molecule has 22 heavy (non-hydrogen) atoms. The fraction of sp³-hybridized carbons (Fsp3) is 0. The third-order valence-electron chi connectivity index (χ3n) is 3.62. The van der Waals surface area contributed by atoms with Crippen molar-refractivity contribution >= 4 is 23.8 Å². The molecule has 0 amide bonds. The molecule has 0 unspecified atom stereocenters. The van der Waals surface area contributed by atoms with Crippen molar-refractivity contribution in [2.75, 3.05) is 0 Å². The second kappa shape index (κ2) is 8.19. The van der Waals surface area contributed by atoms with Gasteiger partial charge in [0.05, 0.1) is 0 Å². The number of rotatable bonds is 3. The van der Waals surface area contributed by atoms with Gasteiger partial charge < -0.3 is 12.8 Å². The Morgan fingerprint density at radius 2 is 0.727 bits per heavy atom. The molecule has 0 heterocycles. The smallest absolute Gasteiger partial charge is 0.668 e. The van der Waals surface area contributed by atoms with Gasteiger partial charge in [-0.25, -0.2) is 0 Å². The summed E-state index contributed by atoms with van der Waals surface area (Å²) in [5.74, 6) is 0. The van der Waals surface area contributed by atoms with Crippen LogP contribution >= 0.6 is 0 Å². The predicted molar refractivity (Wildman–Crippen MR) is 94.7 cm³/mol. The van der Waals surface area contributed by atoms with E-state index in [1.807, 2.05) is 54.6 Å². The van der Waals surface area contributed by atoms with Gasteiger partial charge in [0.2, 0.25) is 0 Å². The van der Waals surface area contributed by atoms with Gasteiger partial charge in [0.15, 0.2) is 0 Å². The van der Waals surface area contributed by atoms with Crippen molar-refractivity contribution in [3.63, 3.8) is 0 Å². The van der Waals surface area contributed by atoms with E-state index in [2.05, 4.69) is 36.4 Å². The molecule has 0 aliphatic rings. The van der Waals surface area contributed by atoms with Crippen LogP contribution in [-0.4, -0.2) is 8.24 Å². The maximum absolute atomic E-state index is 9.28. The summed E-state index contributed by atoms with van der Waals surface area (Å²) in [6.07, 6.45) is 0. The van der Waals surface area contributed by atoms with E-state index in [1.165, 1.54) is 0 Å². The van der Waals surface area contributed by atoms with Crippen molar-refractivity contribution in [2.45, 2.75) is 0 Å². The summed E-state index contributed by atoms with van der Waals surface area (Å²) >= 11 is 0. The third kappa shape index (κ3) is 3.44. The van der Waals surface area contributed by atoms with Crippen molar-refractivity contribution in [1.29, 1.82) is 0 Å². The molecule has 0 saturated heterocycles. The first-order valence-electron chi connectivity index (χ1n) is 6.73. The first-order chi connectivity index (χ1) is 9.82. The minimum Gasteiger partial charge on any atom is -0.668 e. The molecule has 0 aliphatic heterocycles. The van der Waals surface area contributed by atoms with Crippen LogP contribution in [0.15, 0.2) is 91.0 Å². The van der Waals surface area contributed by atoms with E-state index in [-0.39, 0.29) is 26.9 Å². The minimum absolute atomic E-state index is 0. The second-order valence-corrected chi connectivity index (χ2v) is 8.08. The summed E-state index contributed by atoms with van der Waals surface area (Å²) < 4.78 is 0. The minimum atomic E-state index is -2.63. The van der Waals surface area contributed by atoms with Gasteiger partial charge in [0.25, 0.3) is 0 Å². The Balaban J connectivity index is 0.00000121. The van der Waals surface area contributed by atoms with E-state index < -0.39 is 8.24 Å². The molecule has 3 rings (SSSR count). The molecule has 3 aromatic carbocycles. The van der Waals surface area contributed by atoms with Crippen LogP contribution in [0.2, 0.25) is 0 Å². The Morgan fingerprint density at radius 1 is 0.500 bits per heavy atom. The molecule has 1 N–H and O–H groups in total. The Labute approximate surface area is 147 Å². The topological polar surface area (TPSA) is 23.8 Å². The molecule has 0 radical (unpaired) electrons. The van der Waals surface area contributed by atoms with Crippen molar-refractivity contribution in [3.05, 3.63) is 104 Å². The largest absolute Gasteiger partial charge is 2.00 e. The summed E-state index contributed by atoms with van der Waals surface area (Å²) in [6.45, 7) is 0. The summed E-state index contributed by atoms with van der Waals surface area (Å²) in [6, 6.07) is 30.7. The molecule has 0 aliphatic carbocycles. The number of hydrogen-bond donors (Lipinski definition) is 0. The standard InChI is InChI=1S/C18H16NSi.CH3.Zn/c19-20(16-10-4-1-5-11-16,17-12-6-2-7-13-17)18-14-8-3-9-15-18;;/h1-15,19H;1H3;/q2*-1;+2. The quantitative estimate of drug-likeness (QED) is 0.392. The van der Waals surface area contributed by atoms with E-state index in [0.717, 1.165) is 15.6 Å². The van der Waals surface area contributed by atoms with Crippen molar-refractivity contribution in [3.8, 4) is 0 Å². The predicted octanol–water partition coefficient (Wildman–Crippen LogP) is 3.15. The Morgan fingerprint density at radius 3 is 0.955 bits per heavy atom. The summed E-state index contributed by atoms with van der Waals surface area (Å²) in [5, 5.41) is 12.7. The average Bonchev–Trinajstić information content (AvgIpc) is 2.56. The number of benzene rings is 3. The molecular formula is C19H19NSiZn. The van der Waals surface area contributed by atoms with Crippen molar-refractivity contribution in [2.24, 2.45) is 0 Å². The molecule has 0 fully saturated rings. The van der Waals surface area contributed by atoms with Crippen LogP contribution in [0.3, 0.4) is 0 Å². The Bertz CT molecular complexity index is 575. The van der Waals surface area contributed by atoms with Gasteiger partial charge in [-0.1, -0.05) is 107 Å². The monoisotopic (exact) mass is 353 g/mol. The molecular weight excluding hydrogens is 336 g/mol. The molecule has 1 nitrogen and oxygen atoms in total. The van der Waals surface area contributed by atoms with Gasteiger partial charge in [0.1, 0.15) is 0 Å². The van der Waals surface area contributed by atoms with Crippen LogP contribution in [0.25, 0.3) is 5.40 Å². The third-order valence-corrected chi connectivity index (χ3v) is 7.22. The zero-order chi connectivity index (χ0) is 13.8. The van der Waals surface area contributed by atoms with Gasteiger partial charge in [-0.2, -0.15) is 0 Å². The van der Waals surface area contributed by atoms with E-state index in [4.69, 9.17) is 0 Å². The Kier molecular flexibility index (Phi) is 6.89. The Hall–Kier alpha value is -1.54. The van der Waals surface area contributed by atoms with Crippen LogP contribution in [0.5, 0.6) is 0 Å². The molecule has 0 aromatic heterocycles. The first kappa shape index (κ1) is 18.5. The first-order valence-corrected chi connectivity index (χ1v) is 8.73. The van der Waals surface area contributed by atoms with E-state index in [9.17, 15) is 5.40 Å². The maximum Gasteiger partial charge on any atom is 2.00 e. The fourth-order valence-electron chi connectivity index (χ4n) is 2.56. The van der Waals surface area contributed by atoms with Gasteiger partial charge >= 0.3 is 19.5 Å². The molecule has 3 aromatic rings. The summed E-state index contributed by atoms with van der Waals surface area (Å²) in [5.41, 5.74) is 0. The zero-order valence-corrected chi connectivity index (χ0v) is 16.8. The summed E-state index contributed by atoms with van der Waals surface area (Å²) in [4.78, 5) is 0. The average molecular weight is 355 g/mol. The van der Waals surface area contributed by atoms with Crippen LogP contribution in [-0.2, 0) is 19.5 Å². The van der Waals surface area contributed by atoms with Gasteiger partial charge in [0, 0.05) is 8.24 Å².